The van der Waals surface area contributed by atoms with Crippen molar-refractivity contribution in [2.45, 2.75) is 59.1 Å². The monoisotopic (exact) mass is 601 g/mol. The Morgan fingerprint density at radius 3 is 2.59 bits per heavy atom. The van der Waals surface area contributed by atoms with Crippen molar-refractivity contribution in [3.8, 4) is 0 Å². The Morgan fingerprint density at radius 1 is 1.26 bits per heavy atom. The van der Waals surface area contributed by atoms with Gasteiger partial charge in [-0.15, -0.1) is 11.3 Å². The molecule has 1 saturated heterocycles. The van der Waals surface area contributed by atoms with Gasteiger partial charge in [-0.05, 0) is 93.8 Å². The Balaban J connectivity index is 1.82. The zero-order valence-corrected chi connectivity index (χ0v) is 22.9. The van der Waals surface area contributed by atoms with Gasteiger partial charge in [0.25, 0.3) is 5.91 Å². The molecule has 10 heteroatoms. The average molecular weight is 601 g/mol. The van der Waals surface area contributed by atoms with Gasteiger partial charge in [0, 0.05) is 22.7 Å². The van der Waals surface area contributed by atoms with Crippen molar-refractivity contribution >= 4 is 62.4 Å². The summed E-state index contributed by atoms with van der Waals surface area (Å²) < 4.78 is 20.7. The number of hydrogen-bond donors (Lipinski definition) is 2. The smallest absolute Gasteiger partial charge is 0.410 e. The van der Waals surface area contributed by atoms with E-state index in [4.69, 9.17) is 4.74 Å². The first kappa shape index (κ1) is 26.4. The fourth-order valence-corrected chi connectivity index (χ4v) is 5.33. The van der Waals surface area contributed by atoms with Crippen LogP contribution in [0.1, 0.15) is 66.1 Å². The number of piperidine rings is 1. The Bertz CT molecular complexity index is 1110. The fraction of sp³-hybridized carbons (Fsp3) is 0.458. The lowest BCUT2D eigenvalue weighted by atomic mass is 10.0. The molecule has 7 nitrogen and oxygen atoms in total. The predicted molar refractivity (Wildman–Crippen MR) is 140 cm³/mol. The van der Waals surface area contributed by atoms with Gasteiger partial charge < -0.3 is 20.3 Å². The number of anilines is 2. The minimum Gasteiger partial charge on any atom is -0.444 e. The number of benzene rings is 1. The van der Waals surface area contributed by atoms with Crippen LogP contribution in [-0.4, -0.2) is 47.4 Å². The van der Waals surface area contributed by atoms with Gasteiger partial charge in [0.2, 0.25) is 0 Å². The summed E-state index contributed by atoms with van der Waals surface area (Å²) in [5, 5.41) is 6.40. The fourth-order valence-electron chi connectivity index (χ4n) is 3.77. The molecule has 3 rings (SSSR count). The molecule has 2 aromatic rings. The van der Waals surface area contributed by atoms with Crippen molar-refractivity contribution in [2.75, 3.05) is 18.4 Å². The van der Waals surface area contributed by atoms with Crippen molar-refractivity contribution < 1.29 is 23.5 Å². The van der Waals surface area contributed by atoms with Gasteiger partial charge >= 0.3 is 6.09 Å². The molecule has 2 amide bonds. The zero-order valence-electron chi connectivity index (χ0n) is 19.9. The third-order valence-corrected chi connectivity index (χ3v) is 7.26. The number of rotatable bonds is 5. The summed E-state index contributed by atoms with van der Waals surface area (Å²) in [5.74, 6) is -0.985. The number of halogens is 2. The van der Waals surface area contributed by atoms with Crippen molar-refractivity contribution in [2.24, 2.45) is 0 Å². The third-order valence-electron chi connectivity index (χ3n) is 5.28. The van der Waals surface area contributed by atoms with E-state index in [9.17, 15) is 18.8 Å². The number of hydrogen-bond acceptors (Lipinski definition) is 6. The Hall–Kier alpha value is -2.21. The Labute approximate surface area is 216 Å². The zero-order chi connectivity index (χ0) is 25.2. The second-order valence-electron chi connectivity index (χ2n) is 9.30. The van der Waals surface area contributed by atoms with Gasteiger partial charge in [0.1, 0.15) is 16.4 Å². The number of carbonyl (C=O) groups is 3. The standard InChI is InChI=1S/C24H29FIN3O4S/c1-13-19(21(31)27-16-7-6-10-29(12-16)23(32)33-24(3,4)5)22(34-20(13)14(2)30)28-18-9-8-15(26)11-17(18)25/h8-9,11,16,28H,6-7,10,12H2,1-5H3,(H,27,31)/t16-/m1/s1. The first-order valence-electron chi connectivity index (χ1n) is 11.0. The maximum Gasteiger partial charge on any atom is 0.410 e. The highest BCUT2D eigenvalue weighted by atomic mass is 127. The van der Waals surface area contributed by atoms with Gasteiger partial charge in [-0.1, -0.05) is 0 Å². The van der Waals surface area contributed by atoms with E-state index in [1.807, 2.05) is 43.4 Å². The summed E-state index contributed by atoms with van der Waals surface area (Å²) in [5.41, 5.74) is 0.473. The van der Waals surface area contributed by atoms with Crippen LogP contribution in [0, 0.1) is 16.3 Å². The minimum absolute atomic E-state index is 0.165. The molecule has 2 heterocycles. The highest BCUT2D eigenvalue weighted by Gasteiger charge is 2.30. The number of ether oxygens (including phenoxy) is 1. The SMILES string of the molecule is CC(=O)c1sc(Nc2ccc(I)cc2F)c(C(=O)N[C@@H]2CCCN(C(=O)OC(C)(C)C)C2)c1C. The number of thiophene rings is 1. The minimum atomic E-state index is -0.602. The van der Waals surface area contributed by atoms with Gasteiger partial charge in [-0.2, -0.15) is 0 Å². The van der Waals surface area contributed by atoms with Crippen molar-refractivity contribution in [1.82, 2.24) is 10.2 Å². The number of Topliss-reactive ketones (excluding diaryl/α,β-unsaturated/α-hetero) is 1. The molecule has 0 radical (unpaired) electrons. The van der Waals surface area contributed by atoms with E-state index in [0.29, 0.717) is 40.5 Å². The molecule has 0 bridgehead atoms. The molecule has 1 aromatic heterocycles. The number of nitrogens with zero attached hydrogens (tertiary/aromatic N) is 1. The van der Waals surface area contributed by atoms with Crippen LogP contribution >= 0.6 is 33.9 Å². The quantitative estimate of drug-likeness (QED) is 0.331. The number of nitrogens with one attached hydrogen (secondary N) is 2. The molecule has 1 aliphatic heterocycles. The summed E-state index contributed by atoms with van der Waals surface area (Å²) in [6.45, 7) is 9.48. The van der Waals surface area contributed by atoms with Gasteiger partial charge in [0.15, 0.2) is 5.78 Å². The molecule has 0 saturated carbocycles. The molecule has 0 spiro atoms. The Kier molecular flexibility index (Phi) is 8.22. The highest BCUT2D eigenvalue weighted by Crippen LogP contribution is 2.36. The maximum absolute atomic E-state index is 14.5. The molecule has 34 heavy (non-hydrogen) atoms. The molecule has 1 atom stereocenters. The van der Waals surface area contributed by atoms with E-state index in [1.54, 1.807) is 24.0 Å². The lowest BCUT2D eigenvalue weighted by Gasteiger charge is -2.34. The number of carbonyl (C=O) groups excluding carboxylic acids is 3. The molecular formula is C24H29FIN3O4S. The van der Waals surface area contributed by atoms with Gasteiger partial charge in [-0.25, -0.2) is 9.18 Å². The van der Waals surface area contributed by atoms with E-state index < -0.39 is 17.5 Å². The highest BCUT2D eigenvalue weighted by molar-refractivity contribution is 14.1. The first-order chi connectivity index (χ1) is 15.9. The van der Waals surface area contributed by atoms with Gasteiger partial charge in [0.05, 0.1) is 16.1 Å². The van der Waals surface area contributed by atoms with E-state index in [1.165, 1.54) is 13.0 Å². The summed E-state index contributed by atoms with van der Waals surface area (Å²) >= 11 is 3.15. The van der Waals surface area contributed by atoms with E-state index in [2.05, 4.69) is 10.6 Å². The normalized spacial score (nSPS) is 16.2. The van der Waals surface area contributed by atoms with Gasteiger partial charge in [-0.3, -0.25) is 9.59 Å². The molecular weight excluding hydrogens is 572 g/mol. The third kappa shape index (κ3) is 6.47. The topological polar surface area (TPSA) is 87.7 Å². The molecule has 184 valence electrons. The van der Waals surface area contributed by atoms with Crippen LogP contribution in [0.3, 0.4) is 0 Å². The van der Waals surface area contributed by atoms with E-state index in [-0.39, 0.29) is 23.4 Å². The molecule has 2 N–H and O–H groups in total. The van der Waals surface area contributed by atoms with Crippen LogP contribution < -0.4 is 10.6 Å². The lowest BCUT2D eigenvalue weighted by molar-refractivity contribution is 0.0185. The first-order valence-corrected chi connectivity index (χ1v) is 12.9. The van der Waals surface area contributed by atoms with Crippen molar-refractivity contribution in [1.29, 1.82) is 0 Å². The summed E-state index contributed by atoms with van der Waals surface area (Å²) in [6.07, 6.45) is 1.03. The summed E-state index contributed by atoms with van der Waals surface area (Å²) in [7, 11) is 0. The molecule has 0 aliphatic carbocycles. The number of likely N-dealkylation sites (tertiary alicyclic amines) is 1. The van der Waals surface area contributed by atoms with E-state index >= 15 is 0 Å². The molecule has 1 aromatic carbocycles. The summed E-state index contributed by atoms with van der Waals surface area (Å²) in [6, 6.07) is 4.48. The number of ketones is 1. The maximum atomic E-state index is 14.5. The van der Waals surface area contributed by atoms with Crippen LogP contribution in [0.5, 0.6) is 0 Å². The molecule has 0 unspecified atom stereocenters. The molecule has 1 fully saturated rings. The van der Waals surface area contributed by atoms with Crippen LogP contribution in [0.2, 0.25) is 0 Å². The Morgan fingerprint density at radius 2 is 1.97 bits per heavy atom. The molecule has 1 aliphatic rings. The lowest BCUT2D eigenvalue weighted by Crippen LogP contribution is -2.50. The number of amides is 2. The van der Waals surface area contributed by atoms with Crippen molar-refractivity contribution in [3.63, 3.8) is 0 Å². The second kappa shape index (κ2) is 10.6. The van der Waals surface area contributed by atoms with Crippen LogP contribution in [0.25, 0.3) is 0 Å². The second-order valence-corrected chi connectivity index (χ2v) is 11.6. The van der Waals surface area contributed by atoms with Crippen molar-refractivity contribution in [3.05, 3.63) is 43.6 Å². The van der Waals surface area contributed by atoms with Crippen LogP contribution in [0.4, 0.5) is 19.9 Å². The largest absolute Gasteiger partial charge is 0.444 e. The average Bonchev–Trinajstić information content (AvgIpc) is 3.05. The predicted octanol–water partition coefficient (Wildman–Crippen LogP) is 5.88. The van der Waals surface area contributed by atoms with Crippen LogP contribution in [0.15, 0.2) is 18.2 Å². The summed E-state index contributed by atoms with van der Waals surface area (Å²) in [4.78, 5) is 40.0. The van der Waals surface area contributed by atoms with Crippen LogP contribution in [-0.2, 0) is 4.74 Å². The van der Waals surface area contributed by atoms with E-state index in [0.717, 1.165) is 21.3 Å².